The molecule has 0 spiro atoms. The Morgan fingerprint density at radius 1 is 1.03 bits per heavy atom. The zero-order valence-corrected chi connectivity index (χ0v) is 18.2. The fraction of sp³-hybridized carbons (Fsp3) is 0.348. The summed E-state index contributed by atoms with van der Waals surface area (Å²) >= 11 is 0. The Hall–Kier alpha value is -3.39. The minimum Gasteiger partial charge on any atom is -0.321 e. The molecule has 1 atom stereocenters. The molecule has 4 rings (SSSR count). The first kappa shape index (κ1) is 20.9. The van der Waals surface area contributed by atoms with Crippen LogP contribution in [0.15, 0.2) is 48.5 Å². The molecule has 0 aliphatic heterocycles. The Bertz CT molecular complexity index is 1110. The number of rotatable bonds is 8. The summed E-state index contributed by atoms with van der Waals surface area (Å²) in [4.78, 5) is 4.73. The standard InChI is InChI=1S/C23H28N8/c1-4-20(24)23-25-21(13-15(2)3)31(28-23)14-16-9-11-17(12-10-16)18-7-5-6-8-19(18)22-26-29-30-27-22/h5-12,15,20H,4,13-14,24H2,1-3H3,(H,26,27,29,30). The largest absolute Gasteiger partial charge is 0.321 e. The average Bonchev–Trinajstić information content (AvgIpc) is 3.44. The smallest absolute Gasteiger partial charge is 0.205 e. The molecule has 0 aliphatic carbocycles. The number of nitrogens with two attached hydrogens (primary N) is 1. The van der Waals surface area contributed by atoms with Gasteiger partial charge < -0.3 is 5.73 Å². The van der Waals surface area contributed by atoms with Crippen molar-refractivity contribution in [3.05, 3.63) is 65.7 Å². The van der Waals surface area contributed by atoms with Crippen LogP contribution in [0.3, 0.4) is 0 Å². The first-order chi connectivity index (χ1) is 15.0. The van der Waals surface area contributed by atoms with Gasteiger partial charge in [-0.05, 0) is 34.2 Å². The van der Waals surface area contributed by atoms with Crippen LogP contribution < -0.4 is 5.73 Å². The Labute approximate surface area is 181 Å². The molecular formula is C23H28N8. The number of aromatic nitrogens is 7. The van der Waals surface area contributed by atoms with Crippen molar-refractivity contribution in [1.29, 1.82) is 0 Å². The number of hydrogen-bond donors (Lipinski definition) is 2. The van der Waals surface area contributed by atoms with Gasteiger partial charge >= 0.3 is 0 Å². The first-order valence-corrected chi connectivity index (χ1v) is 10.7. The summed E-state index contributed by atoms with van der Waals surface area (Å²) in [6.07, 6.45) is 1.69. The molecule has 160 valence electrons. The van der Waals surface area contributed by atoms with E-state index in [1.807, 2.05) is 22.9 Å². The highest BCUT2D eigenvalue weighted by Crippen LogP contribution is 2.29. The van der Waals surface area contributed by atoms with Crippen LogP contribution in [0.25, 0.3) is 22.5 Å². The van der Waals surface area contributed by atoms with E-state index in [9.17, 15) is 0 Å². The van der Waals surface area contributed by atoms with E-state index < -0.39 is 0 Å². The van der Waals surface area contributed by atoms with Crippen LogP contribution in [0.1, 0.15) is 50.4 Å². The molecule has 0 fully saturated rings. The second-order valence-corrected chi connectivity index (χ2v) is 8.13. The van der Waals surface area contributed by atoms with Crippen molar-refractivity contribution in [2.24, 2.45) is 11.7 Å². The third kappa shape index (κ3) is 4.69. The summed E-state index contributed by atoms with van der Waals surface area (Å²) in [6.45, 7) is 7.10. The Balaban J connectivity index is 1.60. The summed E-state index contributed by atoms with van der Waals surface area (Å²) in [5, 5.41) is 19.2. The molecule has 0 saturated carbocycles. The van der Waals surface area contributed by atoms with E-state index in [-0.39, 0.29) is 6.04 Å². The first-order valence-electron chi connectivity index (χ1n) is 10.7. The number of nitrogens with one attached hydrogen (secondary N) is 1. The maximum absolute atomic E-state index is 6.18. The lowest BCUT2D eigenvalue weighted by Crippen LogP contribution is -2.12. The van der Waals surface area contributed by atoms with Crippen molar-refractivity contribution in [1.82, 2.24) is 35.4 Å². The quantitative estimate of drug-likeness (QED) is 0.452. The van der Waals surface area contributed by atoms with Crippen molar-refractivity contribution in [3.63, 3.8) is 0 Å². The van der Waals surface area contributed by atoms with Crippen LogP contribution in [-0.4, -0.2) is 35.4 Å². The molecule has 2 heterocycles. The molecule has 0 radical (unpaired) electrons. The van der Waals surface area contributed by atoms with E-state index in [4.69, 9.17) is 15.8 Å². The van der Waals surface area contributed by atoms with Gasteiger partial charge in [-0.15, -0.1) is 10.2 Å². The molecule has 0 bridgehead atoms. The highest BCUT2D eigenvalue weighted by atomic mass is 15.5. The molecule has 8 nitrogen and oxygen atoms in total. The Kier molecular flexibility index (Phi) is 6.18. The van der Waals surface area contributed by atoms with Gasteiger partial charge in [-0.1, -0.05) is 69.3 Å². The number of hydrogen-bond acceptors (Lipinski definition) is 6. The van der Waals surface area contributed by atoms with Crippen molar-refractivity contribution in [2.75, 3.05) is 0 Å². The Morgan fingerprint density at radius 2 is 1.77 bits per heavy atom. The summed E-state index contributed by atoms with van der Waals surface area (Å²) < 4.78 is 1.99. The number of benzene rings is 2. The van der Waals surface area contributed by atoms with Crippen LogP contribution in [0.5, 0.6) is 0 Å². The molecule has 2 aromatic carbocycles. The SMILES string of the molecule is CCC(N)c1nc(CC(C)C)n(Cc2ccc(-c3ccccc3-c3nn[nH]n3)cc2)n1. The van der Waals surface area contributed by atoms with Crippen LogP contribution in [0.2, 0.25) is 0 Å². The number of tetrazole rings is 1. The summed E-state index contributed by atoms with van der Waals surface area (Å²) in [5.41, 5.74) is 10.4. The normalized spacial score (nSPS) is 12.4. The minimum absolute atomic E-state index is 0.129. The lowest BCUT2D eigenvalue weighted by atomic mass is 9.98. The van der Waals surface area contributed by atoms with Crippen LogP contribution in [0.4, 0.5) is 0 Å². The fourth-order valence-corrected chi connectivity index (χ4v) is 3.54. The van der Waals surface area contributed by atoms with Crippen molar-refractivity contribution < 1.29 is 0 Å². The second-order valence-electron chi connectivity index (χ2n) is 8.13. The zero-order valence-electron chi connectivity index (χ0n) is 18.2. The van der Waals surface area contributed by atoms with E-state index in [1.165, 1.54) is 0 Å². The predicted molar refractivity (Wildman–Crippen MR) is 120 cm³/mol. The van der Waals surface area contributed by atoms with Gasteiger partial charge in [-0.2, -0.15) is 10.3 Å². The summed E-state index contributed by atoms with van der Waals surface area (Å²) in [6, 6.07) is 16.4. The molecule has 0 aliphatic rings. The maximum atomic E-state index is 6.18. The molecule has 0 amide bonds. The van der Waals surface area contributed by atoms with E-state index >= 15 is 0 Å². The van der Waals surface area contributed by atoms with E-state index in [2.05, 4.69) is 71.7 Å². The van der Waals surface area contributed by atoms with E-state index in [0.717, 1.165) is 46.7 Å². The van der Waals surface area contributed by atoms with Gasteiger partial charge in [0.05, 0.1) is 12.6 Å². The van der Waals surface area contributed by atoms with Crippen molar-refractivity contribution in [3.8, 4) is 22.5 Å². The molecule has 0 saturated heterocycles. The van der Waals surface area contributed by atoms with Crippen LogP contribution in [-0.2, 0) is 13.0 Å². The fourth-order valence-electron chi connectivity index (χ4n) is 3.54. The number of H-pyrrole nitrogens is 1. The van der Waals surface area contributed by atoms with Crippen molar-refractivity contribution >= 4 is 0 Å². The predicted octanol–water partition coefficient (Wildman–Crippen LogP) is 3.78. The van der Waals surface area contributed by atoms with E-state index in [0.29, 0.717) is 18.3 Å². The monoisotopic (exact) mass is 416 g/mol. The molecule has 1 unspecified atom stereocenters. The molecule has 2 aromatic heterocycles. The molecule has 8 heteroatoms. The van der Waals surface area contributed by atoms with Gasteiger partial charge in [0.2, 0.25) is 5.82 Å². The van der Waals surface area contributed by atoms with Gasteiger partial charge in [-0.25, -0.2) is 9.67 Å². The highest BCUT2D eigenvalue weighted by molar-refractivity contribution is 5.80. The van der Waals surface area contributed by atoms with Crippen LogP contribution in [0, 0.1) is 5.92 Å². The van der Waals surface area contributed by atoms with Gasteiger partial charge in [0.15, 0.2) is 5.82 Å². The molecule has 3 N–H and O–H groups in total. The third-order valence-corrected chi connectivity index (χ3v) is 5.24. The van der Waals surface area contributed by atoms with Gasteiger partial charge in [0, 0.05) is 12.0 Å². The lowest BCUT2D eigenvalue weighted by Gasteiger charge is -2.10. The topological polar surface area (TPSA) is 111 Å². The van der Waals surface area contributed by atoms with Crippen LogP contribution >= 0.6 is 0 Å². The summed E-state index contributed by atoms with van der Waals surface area (Å²) in [5.74, 6) is 2.79. The van der Waals surface area contributed by atoms with E-state index in [1.54, 1.807) is 0 Å². The Morgan fingerprint density at radius 3 is 2.42 bits per heavy atom. The number of nitrogens with zero attached hydrogens (tertiary/aromatic N) is 6. The van der Waals surface area contributed by atoms with Gasteiger partial charge in [0.25, 0.3) is 0 Å². The number of aromatic amines is 1. The molecule has 31 heavy (non-hydrogen) atoms. The lowest BCUT2D eigenvalue weighted by molar-refractivity contribution is 0.559. The zero-order chi connectivity index (χ0) is 21.8. The highest BCUT2D eigenvalue weighted by Gasteiger charge is 2.16. The minimum atomic E-state index is -0.129. The second kappa shape index (κ2) is 9.18. The van der Waals surface area contributed by atoms with Gasteiger partial charge in [0.1, 0.15) is 5.82 Å². The van der Waals surface area contributed by atoms with Gasteiger partial charge in [-0.3, -0.25) is 0 Å². The van der Waals surface area contributed by atoms with Crippen molar-refractivity contribution in [2.45, 2.75) is 46.2 Å². The average molecular weight is 417 g/mol. The maximum Gasteiger partial charge on any atom is 0.205 e. The molecular weight excluding hydrogens is 388 g/mol. The summed E-state index contributed by atoms with van der Waals surface area (Å²) in [7, 11) is 0. The third-order valence-electron chi connectivity index (χ3n) is 5.24. The molecule has 4 aromatic rings.